The minimum atomic E-state index is 0.289. The lowest BCUT2D eigenvalue weighted by atomic mass is 9.84. The number of halogens is 1. The zero-order valence-electron chi connectivity index (χ0n) is 7.87. The standard InChI is InChI=1S/C11H12ClNO/c12-11-10(5-2-6-13-11)8-3-1-4-9(14)7-8/h2,5-6,8H,1,3-4,7H2. The van der Waals surface area contributed by atoms with Crippen molar-refractivity contribution in [2.24, 2.45) is 0 Å². The molecule has 0 spiro atoms. The lowest BCUT2D eigenvalue weighted by Gasteiger charge is -2.21. The molecule has 1 aromatic heterocycles. The first-order valence-corrected chi connectivity index (χ1v) is 5.27. The molecular formula is C11H12ClNO. The zero-order valence-corrected chi connectivity index (χ0v) is 8.63. The number of aromatic nitrogens is 1. The Morgan fingerprint density at radius 3 is 3.07 bits per heavy atom. The van der Waals surface area contributed by atoms with Gasteiger partial charge in [0, 0.05) is 19.0 Å². The highest BCUT2D eigenvalue weighted by molar-refractivity contribution is 6.30. The van der Waals surface area contributed by atoms with E-state index in [2.05, 4.69) is 4.98 Å². The van der Waals surface area contributed by atoms with E-state index in [1.165, 1.54) is 0 Å². The van der Waals surface area contributed by atoms with Crippen molar-refractivity contribution in [3.05, 3.63) is 29.0 Å². The van der Waals surface area contributed by atoms with Crippen LogP contribution in [0.15, 0.2) is 18.3 Å². The summed E-state index contributed by atoms with van der Waals surface area (Å²) in [6, 6.07) is 3.85. The molecule has 1 aliphatic rings. The molecule has 0 amide bonds. The Bertz CT molecular complexity index is 351. The molecule has 0 aliphatic heterocycles. The van der Waals surface area contributed by atoms with E-state index in [1.807, 2.05) is 12.1 Å². The van der Waals surface area contributed by atoms with Crippen LogP contribution in [0.5, 0.6) is 0 Å². The number of hydrogen-bond acceptors (Lipinski definition) is 2. The van der Waals surface area contributed by atoms with Crippen LogP contribution in [0.2, 0.25) is 5.15 Å². The van der Waals surface area contributed by atoms with E-state index in [4.69, 9.17) is 11.6 Å². The van der Waals surface area contributed by atoms with Crippen molar-refractivity contribution in [2.75, 3.05) is 0 Å². The number of nitrogens with zero attached hydrogens (tertiary/aromatic N) is 1. The molecule has 0 bridgehead atoms. The fourth-order valence-electron chi connectivity index (χ4n) is 1.99. The van der Waals surface area contributed by atoms with Crippen LogP contribution in [0, 0.1) is 0 Å². The van der Waals surface area contributed by atoms with Gasteiger partial charge in [-0.2, -0.15) is 0 Å². The topological polar surface area (TPSA) is 30.0 Å². The Hall–Kier alpha value is -0.890. The number of pyridine rings is 1. The van der Waals surface area contributed by atoms with Crippen LogP contribution in [-0.2, 0) is 4.79 Å². The van der Waals surface area contributed by atoms with Gasteiger partial charge in [-0.15, -0.1) is 0 Å². The van der Waals surface area contributed by atoms with E-state index in [0.29, 0.717) is 17.4 Å². The average Bonchev–Trinajstić information content (AvgIpc) is 2.18. The molecule has 1 fully saturated rings. The molecule has 1 heterocycles. The first-order valence-electron chi connectivity index (χ1n) is 4.89. The summed E-state index contributed by atoms with van der Waals surface area (Å²) in [6.45, 7) is 0. The maximum atomic E-state index is 11.3. The van der Waals surface area contributed by atoms with Gasteiger partial charge in [-0.05, 0) is 30.4 Å². The molecule has 1 unspecified atom stereocenters. The Kier molecular flexibility index (Phi) is 2.82. The van der Waals surface area contributed by atoms with E-state index in [-0.39, 0.29) is 5.92 Å². The highest BCUT2D eigenvalue weighted by Gasteiger charge is 2.22. The molecule has 0 saturated heterocycles. The molecule has 0 aromatic carbocycles. The predicted molar refractivity (Wildman–Crippen MR) is 55.5 cm³/mol. The van der Waals surface area contributed by atoms with E-state index < -0.39 is 0 Å². The van der Waals surface area contributed by atoms with Crippen molar-refractivity contribution >= 4 is 17.4 Å². The normalized spacial score (nSPS) is 22.4. The summed E-state index contributed by atoms with van der Waals surface area (Å²) in [5, 5.41) is 0.548. The van der Waals surface area contributed by atoms with Crippen LogP contribution in [0.4, 0.5) is 0 Å². The minimum absolute atomic E-state index is 0.289. The van der Waals surface area contributed by atoms with Gasteiger partial charge in [0.1, 0.15) is 10.9 Å². The fourth-order valence-corrected chi connectivity index (χ4v) is 2.27. The smallest absolute Gasteiger partial charge is 0.133 e. The summed E-state index contributed by atoms with van der Waals surface area (Å²) in [7, 11) is 0. The average molecular weight is 210 g/mol. The van der Waals surface area contributed by atoms with Crippen molar-refractivity contribution in [1.82, 2.24) is 4.98 Å². The van der Waals surface area contributed by atoms with Crippen LogP contribution >= 0.6 is 11.6 Å². The molecule has 2 nitrogen and oxygen atoms in total. The lowest BCUT2D eigenvalue weighted by molar-refractivity contribution is -0.120. The highest BCUT2D eigenvalue weighted by atomic mass is 35.5. The summed E-state index contributed by atoms with van der Waals surface area (Å²) < 4.78 is 0. The van der Waals surface area contributed by atoms with E-state index >= 15 is 0 Å². The van der Waals surface area contributed by atoms with Crippen molar-refractivity contribution in [3.63, 3.8) is 0 Å². The minimum Gasteiger partial charge on any atom is -0.300 e. The van der Waals surface area contributed by atoms with Crippen LogP contribution in [0.1, 0.15) is 37.2 Å². The van der Waals surface area contributed by atoms with Gasteiger partial charge in [0.2, 0.25) is 0 Å². The summed E-state index contributed by atoms with van der Waals surface area (Å²) in [6.07, 6.45) is 5.07. The van der Waals surface area contributed by atoms with Gasteiger partial charge in [0.15, 0.2) is 0 Å². The van der Waals surface area contributed by atoms with Crippen LogP contribution in [0.25, 0.3) is 0 Å². The third-order valence-electron chi connectivity index (χ3n) is 2.71. The highest BCUT2D eigenvalue weighted by Crippen LogP contribution is 2.33. The predicted octanol–water partition coefficient (Wildman–Crippen LogP) is 2.96. The third kappa shape index (κ3) is 1.95. The van der Waals surface area contributed by atoms with Gasteiger partial charge in [-0.25, -0.2) is 4.98 Å². The molecule has 0 N–H and O–H groups in total. The van der Waals surface area contributed by atoms with E-state index in [0.717, 1.165) is 24.8 Å². The molecule has 3 heteroatoms. The van der Waals surface area contributed by atoms with E-state index in [1.54, 1.807) is 6.20 Å². The second-order valence-corrected chi connectivity index (χ2v) is 4.07. The van der Waals surface area contributed by atoms with Crippen LogP contribution in [0.3, 0.4) is 0 Å². The number of Topliss-reactive ketones (excluding diaryl/α,β-unsaturated/α-hetero) is 1. The first kappa shape index (κ1) is 9.66. The third-order valence-corrected chi connectivity index (χ3v) is 3.03. The van der Waals surface area contributed by atoms with Crippen LogP contribution < -0.4 is 0 Å². The number of ketones is 1. The van der Waals surface area contributed by atoms with Crippen molar-refractivity contribution in [1.29, 1.82) is 0 Å². The largest absolute Gasteiger partial charge is 0.300 e. The molecule has 1 atom stereocenters. The Balaban J connectivity index is 2.22. The summed E-state index contributed by atoms with van der Waals surface area (Å²) in [5.41, 5.74) is 1.03. The first-order chi connectivity index (χ1) is 6.77. The molecule has 1 aromatic rings. The van der Waals surface area contributed by atoms with Gasteiger partial charge in [0.05, 0.1) is 0 Å². The monoisotopic (exact) mass is 209 g/mol. The molecule has 14 heavy (non-hydrogen) atoms. The number of hydrogen-bond donors (Lipinski definition) is 0. The fraction of sp³-hybridized carbons (Fsp3) is 0.455. The second kappa shape index (κ2) is 4.09. The quantitative estimate of drug-likeness (QED) is 0.666. The second-order valence-electron chi connectivity index (χ2n) is 3.72. The number of carbonyl (C=O) groups is 1. The van der Waals surface area contributed by atoms with Crippen molar-refractivity contribution in [3.8, 4) is 0 Å². The molecule has 0 radical (unpaired) electrons. The van der Waals surface area contributed by atoms with Gasteiger partial charge in [0.25, 0.3) is 0 Å². The van der Waals surface area contributed by atoms with Crippen molar-refractivity contribution < 1.29 is 4.79 Å². The van der Waals surface area contributed by atoms with Gasteiger partial charge in [-0.1, -0.05) is 17.7 Å². The SMILES string of the molecule is O=C1CCCC(c2cccnc2Cl)C1. The summed E-state index contributed by atoms with van der Waals surface area (Å²) in [5.74, 6) is 0.638. The summed E-state index contributed by atoms with van der Waals surface area (Å²) in [4.78, 5) is 15.3. The molecule has 1 aliphatic carbocycles. The lowest BCUT2D eigenvalue weighted by Crippen LogP contribution is -2.13. The van der Waals surface area contributed by atoms with Gasteiger partial charge in [-0.3, -0.25) is 4.79 Å². The van der Waals surface area contributed by atoms with Crippen molar-refractivity contribution in [2.45, 2.75) is 31.6 Å². The molecular weight excluding hydrogens is 198 g/mol. The number of rotatable bonds is 1. The van der Waals surface area contributed by atoms with E-state index in [9.17, 15) is 4.79 Å². The van der Waals surface area contributed by atoms with Crippen LogP contribution in [-0.4, -0.2) is 10.8 Å². The Morgan fingerprint density at radius 2 is 2.36 bits per heavy atom. The van der Waals surface area contributed by atoms with Gasteiger partial charge >= 0.3 is 0 Å². The molecule has 1 saturated carbocycles. The van der Waals surface area contributed by atoms with Gasteiger partial charge < -0.3 is 0 Å². The molecule has 74 valence electrons. The molecule has 2 rings (SSSR count). The maximum absolute atomic E-state index is 11.3. The Labute approximate surface area is 88.3 Å². The zero-order chi connectivity index (χ0) is 9.97. The Morgan fingerprint density at radius 1 is 1.50 bits per heavy atom. The number of carbonyl (C=O) groups excluding carboxylic acids is 1. The maximum Gasteiger partial charge on any atom is 0.133 e. The summed E-state index contributed by atoms with van der Waals surface area (Å²) >= 11 is 5.98.